The quantitative estimate of drug-likeness (QED) is 0.361. The van der Waals surface area contributed by atoms with Crippen molar-refractivity contribution in [1.29, 1.82) is 0 Å². The lowest BCUT2D eigenvalue weighted by Crippen LogP contribution is -2.50. The molecule has 0 fully saturated rings. The molecule has 2 amide bonds. The summed E-state index contributed by atoms with van der Waals surface area (Å²) in [6, 6.07) is 9.76. The number of hydrogen-bond donors (Lipinski definition) is 1. The highest BCUT2D eigenvalue weighted by atomic mass is 35.5. The Bertz CT molecular complexity index is 937. The average Bonchev–Trinajstić information content (AvgIpc) is 2.74. The van der Waals surface area contributed by atoms with Gasteiger partial charge in [0.1, 0.15) is 6.04 Å². The summed E-state index contributed by atoms with van der Waals surface area (Å²) in [6.07, 6.45) is 0.792. The lowest BCUT2D eigenvalue weighted by atomic mass is 10.1. The molecule has 0 aliphatic carbocycles. The molecule has 0 heterocycles. The highest BCUT2D eigenvalue weighted by molar-refractivity contribution is 7.99. The van der Waals surface area contributed by atoms with Gasteiger partial charge in [-0.3, -0.25) is 9.59 Å². The predicted octanol–water partition coefficient (Wildman–Crippen LogP) is 6.87. The Labute approximate surface area is 213 Å². The fraction of sp³-hybridized carbons (Fsp3) is 0.391. The summed E-state index contributed by atoms with van der Waals surface area (Å²) in [4.78, 5) is 27.5. The molecule has 0 saturated carbocycles. The van der Waals surface area contributed by atoms with E-state index in [1.54, 1.807) is 37.3 Å². The van der Waals surface area contributed by atoms with E-state index in [0.29, 0.717) is 31.4 Å². The summed E-state index contributed by atoms with van der Waals surface area (Å²) in [5, 5.41) is 4.95. The molecular weight excluding hydrogens is 510 g/mol. The first-order valence-corrected chi connectivity index (χ1v) is 12.8. The van der Waals surface area contributed by atoms with Crippen LogP contribution in [0.2, 0.25) is 20.1 Å². The highest BCUT2D eigenvalue weighted by Gasteiger charge is 2.28. The van der Waals surface area contributed by atoms with Crippen molar-refractivity contribution in [3.8, 4) is 0 Å². The maximum atomic E-state index is 13.2. The van der Waals surface area contributed by atoms with Gasteiger partial charge in [0.25, 0.3) is 0 Å². The van der Waals surface area contributed by atoms with E-state index in [1.807, 2.05) is 19.9 Å². The molecule has 4 nitrogen and oxygen atoms in total. The third-order valence-corrected chi connectivity index (χ3v) is 7.32. The molecule has 0 aromatic heterocycles. The second-order valence-electron chi connectivity index (χ2n) is 7.44. The average molecular weight is 536 g/mol. The molecule has 9 heteroatoms. The Morgan fingerprint density at radius 3 is 2.28 bits per heavy atom. The predicted molar refractivity (Wildman–Crippen MR) is 137 cm³/mol. The Balaban J connectivity index is 2.16. The van der Waals surface area contributed by atoms with Crippen LogP contribution in [0.4, 0.5) is 0 Å². The van der Waals surface area contributed by atoms with Crippen molar-refractivity contribution in [2.24, 2.45) is 0 Å². The largest absolute Gasteiger partial charge is 0.352 e. The fourth-order valence-electron chi connectivity index (χ4n) is 2.87. The molecule has 0 spiro atoms. The number of nitrogens with one attached hydrogen (secondary N) is 1. The van der Waals surface area contributed by atoms with Crippen molar-refractivity contribution in [3.63, 3.8) is 0 Å². The van der Waals surface area contributed by atoms with E-state index >= 15 is 0 Å². The number of halogens is 4. The molecule has 1 N–H and O–H groups in total. The molecule has 0 radical (unpaired) electrons. The first kappa shape index (κ1) is 27.1. The highest BCUT2D eigenvalue weighted by Crippen LogP contribution is 2.28. The van der Waals surface area contributed by atoms with Gasteiger partial charge in [0.05, 0.1) is 5.75 Å². The molecule has 0 aliphatic heterocycles. The number of nitrogens with zero attached hydrogens (tertiary/aromatic N) is 1. The standard InChI is InChI=1S/C23H26Cl4N2O2S/c1-4-14(2)28-23(31)15(3)29(11-18-19(25)6-5-7-20(18)26)22(30)13-32-12-16-8-9-17(24)10-21(16)27/h5-10,14-15H,4,11-13H2,1-3H3,(H,28,31)/t14-,15+/m0/s1. The van der Waals surface area contributed by atoms with Crippen LogP contribution >= 0.6 is 58.2 Å². The van der Waals surface area contributed by atoms with E-state index in [4.69, 9.17) is 46.4 Å². The SMILES string of the molecule is CC[C@H](C)NC(=O)[C@@H](C)N(Cc1c(Cl)cccc1Cl)C(=O)CSCc1ccc(Cl)cc1Cl. The van der Waals surface area contributed by atoms with E-state index in [2.05, 4.69) is 5.32 Å². The van der Waals surface area contributed by atoms with Crippen molar-refractivity contribution in [2.75, 3.05) is 5.75 Å². The smallest absolute Gasteiger partial charge is 0.242 e. The van der Waals surface area contributed by atoms with E-state index < -0.39 is 6.04 Å². The monoisotopic (exact) mass is 534 g/mol. The molecule has 0 bridgehead atoms. The van der Waals surface area contributed by atoms with Crippen molar-refractivity contribution in [2.45, 2.75) is 51.6 Å². The summed E-state index contributed by atoms with van der Waals surface area (Å²) < 4.78 is 0. The van der Waals surface area contributed by atoms with E-state index in [0.717, 1.165) is 12.0 Å². The molecule has 32 heavy (non-hydrogen) atoms. The minimum absolute atomic E-state index is 0.00669. The van der Waals surface area contributed by atoms with Crippen molar-refractivity contribution in [1.82, 2.24) is 10.2 Å². The maximum Gasteiger partial charge on any atom is 0.242 e. The maximum absolute atomic E-state index is 13.2. The van der Waals surface area contributed by atoms with Gasteiger partial charge in [-0.1, -0.05) is 65.5 Å². The van der Waals surface area contributed by atoms with Crippen molar-refractivity contribution < 1.29 is 9.59 Å². The number of rotatable bonds is 10. The minimum Gasteiger partial charge on any atom is -0.352 e. The molecule has 2 atom stereocenters. The zero-order chi connectivity index (χ0) is 23.8. The summed E-state index contributed by atoms with van der Waals surface area (Å²) in [7, 11) is 0. The number of carbonyl (C=O) groups excluding carboxylic acids is 2. The summed E-state index contributed by atoms with van der Waals surface area (Å²) in [5.74, 6) is 0.294. The Morgan fingerprint density at radius 1 is 1.03 bits per heavy atom. The summed E-state index contributed by atoms with van der Waals surface area (Å²) >= 11 is 26.2. The van der Waals surface area contributed by atoms with Gasteiger partial charge in [-0.2, -0.15) is 0 Å². The molecule has 2 aromatic carbocycles. The van der Waals surface area contributed by atoms with Crippen LogP contribution in [-0.2, 0) is 21.9 Å². The summed E-state index contributed by atoms with van der Waals surface area (Å²) in [5.41, 5.74) is 1.50. The Morgan fingerprint density at radius 2 is 1.69 bits per heavy atom. The fourth-order valence-corrected chi connectivity index (χ4v) is 4.86. The van der Waals surface area contributed by atoms with E-state index in [-0.39, 0.29) is 30.2 Å². The third kappa shape index (κ3) is 7.74. The Kier molecular flexibility index (Phi) is 11.0. The minimum atomic E-state index is -0.691. The lowest BCUT2D eigenvalue weighted by molar-refractivity contribution is -0.138. The second-order valence-corrected chi connectivity index (χ2v) is 10.1. The van der Waals surface area contributed by atoms with Crippen molar-refractivity contribution >= 4 is 70.0 Å². The summed E-state index contributed by atoms with van der Waals surface area (Å²) in [6.45, 7) is 5.75. The zero-order valence-electron chi connectivity index (χ0n) is 18.1. The molecular formula is C23H26Cl4N2O2S. The number of carbonyl (C=O) groups is 2. The molecule has 0 saturated heterocycles. The molecule has 2 rings (SSSR count). The molecule has 0 aliphatic rings. The third-order valence-electron chi connectivity index (χ3n) is 5.06. The van der Waals surface area contributed by atoms with Gasteiger partial charge in [-0.05, 0) is 50.1 Å². The second kappa shape index (κ2) is 13.0. The molecule has 174 valence electrons. The van der Waals surface area contributed by atoms with Gasteiger partial charge >= 0.3 is 0 Å². The molecule has 2 aromatic rings. The van der Waals surface area contributed by atoms with Crippen LogP contribution in [0.25, 0.3) is 0 Å². The van der Waals surface area contributed by atoms with Gasteiger partial charge in [-0.15, -0.1) is 11.8 Å². The topological polar surface area (TPSA) is 49.4 Å². The van der Waals surface area contributed by atoms with Crippen LogP contribution < -0.4 is 5.32 Å². The van der Waals surface area contributed by atoms with Crippen LogP contribution in [0.5, 0.6) is 0 Å². The first-order chi connectivity index (χ1) is 15.1. The van der Waals surface area contributed by atoms with Gasteiger partial charge in [0.15, 0.2) is 0 Å². The van der Waals surface area contributed by atoms with E-state index in [9.17, 15) is 9.59 Å². The number of thioether (sulfide) groups is 1. The first-order valence-electron chi connectivity index (χ1n) is 10.2. The lowest BCUT2D eigenvalue weighted by Gasteiger charge is -2.30. The van der Waals surface area contributed by atoms with Gasteiger partial charge < -0.3 is 10.2 Å². The number of benzene rings is 2. The van der Waals surface area contributed by atoms with Gasteiger partial charge in [-0.25, -0.2) is 0 Å². The van der Waals surface area contributed by atoms with Crippen LogP contribution in [-0.4, -0.2) is 34.6 Å². The van der Waals surface area contributed by atoms with Crippen LogP contribution in [0, 0.1) is 0 Å². The molecule has 0 unspecified atom stereocenters. The Hall–Kier alpha value is -1.11. The van der Waals surface area contributed by atoms with Gasteiger partial charge in [0.2, 0.25) is 11.8 Å². The number of amides is 2. The van der Waals surface area contributed by atoms with Crippen LogP contribution in [0.1, 0.15) is 38.3 Å². The zero-order valence-corrected chi connectivity index (χ0v) is 22.0. The van der Waals surface area contributed by atoms with Crippen molar-refractivity contribution in [3.05, 3.63) is 67.6 Å². The van der Waals surface area contributed by atoms with Crippen LogP contribution in [0.15, 0.2) is 36.4 Å². The van der Waals surface area contributed by atoms with Crippen LogP contribution in [0.3, 0.4) is 0 Å². The normalized spacial score (nSPS) is 12.8. The van der Waals surface area contributed by atoms with E-state index in [1.165, 1.54) is 16.7 Å². The number of hydrogen-bond acceptors (Lipinski definition) is 3. The van der Waals surface area contributed by atoms with Gasteiger partial charge in [0, 0.05) is 44.0 Å².